The Balaban J connectivity index is 1.72. The minimum atomic E-state index is -0.156. The molecule has 8 atom stereocenters. The monoisotopic (exact) mass is 344 g/mol. The minimum absolute atomic E-state index is 0.128. The lowest BCUT2D eigenvalue weighted by atomic mass is 9.45. The lowest BCUT2D eigenvalue weighted by Crippen LogP contribution is -2.53. The normalized spacial score (nSPS) is 55.0. The number of aliphatic hydroxyl groups is 1. The van der Waals surface area contributed by atoms with Crippen molar-refractivity contribution in [1.29, 1.82) is 0 Å². The van der Waals surface area contributed by atoms with Gasteiger partial charge in [-0.2, -0.15) is 0 Å². The fourth-order valence-corrected chi connectivity index (χ4v) is 7.97. The molecule has 25 heavy (non-hydrogen) atoms. The Bertz CT molecular complexity index is 622. The van der Waals surface area contributed by atoms with E-state index in [1.54, 1.807) is 0 Å². The van der Waals surface area contributed by atoms with Crippen LogP contribution in [0.25, 0.3) is 0 Å². The average molecular weight is 345 g/mol. The van der Waals surface area contributed by atoms with Gasteiger partial charge in [-0.25, -0.2) is 0 Å². The number of aliphatic hydroxyl groups excluding tert-OH is 1. The maximum Gasteiger partial charge on any atom is 0.136 e. The Morgan fingerprint density at radius 3 is 2.56 bits per heavy atom. The number of hydrogen-bond acceptors (Lipinski definition) is 2. The summed E-state index contributed by atoms with van der Waals surface area (Å²) in [5.41, 5.74) is 1.84. The summed E-state index contributed by atoms with van der Waals surface area (Å²) in [7, 11) is 0. The van der Waals surface area contributed by atoms with Crippen molar-refractivity contribution in [2.45, 2.75) is 85.7 Å². The van der Waals surface area contributed by atoms with E-state index in [4.69, 9.17) is 0 Å². The fourth-order valence-electron chi connectivity index (χ4n) is 7.97. The van der Waals surface area contributed by atoms with Gasteiger partial charge in [0, 0.05) is 5.41 Å². The molecule has 0 bridgehead atoms. The Hall–Kier alpha value is -0.630. The van der Waals surface area contributed by atoms with Gasteiger partial charge in [0.05, 0.1) is 6.10 Å². The lowest BCUT2D eigenvalue weighted by molar-refractivity contribution is -0.140. The van der Waals surface area contributed by atoms with E-state index in [-0.39, 0.29) is 16.9 Å². The quantitative estimate of drug-likeness (QED) is 0.668. The van der Waals surface area contributed by atoms with Crippen LogP contribution in [0.2, 0.25) is 0 Å². The van der Waals surface area contributed by atoms with Gasteiger partial charge in [-0.1, -0.05) is 39.3 Å². The van der Waals surface area contributed by atoms with Crippen LogP contribution in [0.1, 0.15) is 79.6 Å². The first-order valence-electron chi connectivity index (χ1n) is 10.5. The van der Waals surface area contributed by atoms with E-state index < -0.39 is 0 Å². The molecule has 0 spiro atoms. The number of hydrogen-bond donors (Lipinski definition) is 1. The van der Waals surface area contributed by atoms with E-state index in [0.29, 0.717) is 23.0 Å². The zero-order valence-electron chi connectivity index (χ0n) is 16.8. The smallest absolute Gasteiger partial charge is 0.136 e. The molecule has 0 aromatic heterocycles. The second kappa shape index (κ2) is 5.44. The summed E-state index contributed by atoms with van der Waals surface area (Å²) in [4.78, 5) is 12.7. The van der Waals surface area contributed by atoms with Crippen LogP contribution in [0, 0.1) is 39.9 Å². The Labute approximate surface area is 153 Å². The maximum absolute atomic E-state index is 12.7. The topological polar surface area (TPSA) is 37.3 Å². The molecule has 2 heteroatoms. The molecule has 0 aromatic carbocycles. The third-order valence-corrected chi connectivity index (χ3v) is 9.98. The van der Waals surface area contributed by atoms with Gasteiger partial charge in [0.15, 0.2) is 0 Å². The van der Waals surface area contributed by atoms with Crippen molar-refractivity contribution in [3.05, 3.63) is 11.6 Å². The molecular formula is C23H36O2. The van der Waals surface area contributed by atoms with Crippen molar-refractivity contribution >= 4 is 5.78 Å². The number of rotatable bonds is 1. The van der Waals surface area contributed by atoms with Crippen molar-refractivity contribution in [3.8, 4) is 0 Å². The predicted molar refractivity (Wildman–Crippen MR) is 101 cm³/mol. The van der Waals surface area contributed by atoms with Crippen LogP contribution in [0.15, 0.2) is 11.6 Å². The summed E-state index contributed by atoms with van der Waals surface area (Å²) in [5, 5.41) is 10.1. The van der Waals surface area contributed by atoms with Gasteiger partial charge in [-0.15, -0.1) is 0 Å². The number of Topliss-reactive ketones (excluding diaryl/α,β-unsaturated/α-hetero) is 1. The molecule has 3 fully saturated rings. The number of carbonyl (C=O) groups is 1. The third-order valence-electron chi connectivity index (χ3n) is 9.98. The minimum Gasteiger partial charge on any atom is -0.393 e. The number of allylic oxidation sites excluding steroid dienone is 1. The zero-order valence-corrected chi connectivity index (χ0v) is 16.8. The van der Waals surface area contributed by atoms with Crippen LogP contribution < -0.4 is 0 Å². The highest BCUT2D eigenvalue weighted by molar-refractivity contribution is 5.83. The Morgan fingerprint density at radius 2 is 1.88 bits per heavy atom. The van der Waals surface area contributed by atoms with E-state index in [2.05, 4.69) is 33.8 Å². The summed E-state index contributed by atoms with van der Waals surface area (Å²) in [6.45, 7) is 11.3. The number of fused-ring (bicyclic) bond motifs is 5. The van der Waals surface area contributed by atoms with Crippen molar-refractivity contribution < 1.29 is 9.90 Å². The van der Waals surface area contributed by atoms with Gasteiger partial charge in [0.25, 0.3) is 0 Å². The summed E-state index contributed by atoms with van der Waals surface area (Å²) >= 11 is 0. The molecule has 0 heterocycles. The van der Waals surface area contributed by atoms with Crippen LogP contribution in [0.5, 0.6) is 0 Å². The van der Waals surface area contributed by atoms with Crippen molar-refractivity contribution in [2.24, 2.45) is 39.9 Å². The Kier molecular flexibility index (Phi) is 3.87. The molecular weight excluding hydrogens is 308 g/mol. The second-order valence-electron chi connectivity index (χ2n) is 10.5. The summed E-state index contributed by atoms with van der Waals surface area (Å²) in [6, 6.07) is 0. The van der Waals surface area contributed by atoms with Crippen molar-refractivity contribution in [1.82, 2.24) is 0 Å². The van der Waals surface area contributed by atoms with Crippen molar-refractivity contribution in [2.75, 3.05) is 0 Å². The summed E-state index contributed by atoms with van der Waals surface area (Å²) < 4.78 is 0. The molecule has 3 saturated carbocycles. The zero-order chi connectivity index (χ0) is 18.2. The number of ketones is 1. The summed E-state index contributed by atoms with van der Waals surface area (Å²) in [6.07, 6.45) is 10.2. The van der Waals surface area contributed by atoms with Gasteiger partial charge in [0.1, 0.15) is 5.78 Å². The molecule has 0 radical (unpaired) electrons. The van der Waals surface area contributed by atoms with Crippen LogP contribution >= 0.6 is 0 Å². The highest BCUT2D eigenvalue weighted by atomic mass is 16.3. The number of carbonyl (C=O) groups excluding carboxylic acids is 1. The first-order valence-corrected chi connectivity index (χ1v) is 10.5. The van der Waals surface area contributed by atoms with Crippen molar-refractivity contribution in [3.63, 3.8) is 0 Å². The van der Waals surface area contributed by atoms with Crippen LogP contribution in [-0.2, 0) is 4.79 Å². The van der Waals surface area contributed by atoms with Crippen LogP contribution in [0.3, 0.4) is 0 Å². The van der Waals surface area contributed by atoms with Crippen LogP contribution in [-0.4, -0.2) is 17.0 Å². The molecule has 4 unspecified atom stereocenters. The standard InChI is InChI=1S/C23H36O2/c1-14-12-20-18-7-6-16-13-17(25)8-10-21(16,3)19(18)9-11-22(20,4)23(14,5)15(2)24/h6,14,17-20,25H,7-13H2,1-5H3/t14-,17+,18?,19?,20?,21?,22+,23-/m1/s1. The highest BCUT2D eigenvalue weighted by Crippen LogP contribution is 2.71. The molecule has 1 N–H and O–H groups in total. The Morgan fingerprint density at radius 1 is 1.16 bits per heavy atom. The first kappa shape index (κ1) is 17.8. The molecule has 0 aliphatic heterocycles. The third kappa shape index (κ3) is 2.10. The average Bonchev–Trinajstić information content (AvgIpc) is 2.77. The SMILES string of the molecule is CC(=O)[C@@]1(C)[C@H](C)CC2C3CC=C4C[C@@H](O)CCC4(C)C3CC[C@@]21C. The molecule has 140 valence electrons. The van der Waals surface area contributed by atoms with Gasteiger partial charge in [-0.3, -0.25) is 4.79 Å². The highest BCUT2D eigenvalue weighted by Gasteiger charge is 2.66. The molecule has 4 aliphatic rings. The van der Waals surface area contributed by atoms with E-state index in [9.17, 15) is 9.90 Å². The van der Waals surface area contributed by atoms with E-state index in [1.165, 1.54) is 31.3 Å². The summed E-state index contributed by atoms with van der Waals surface area (Å²) in [5.74, 6) is 3.05. The molecule has 2 nitrogen and oxygen atoms in total. The van der Waals surface area contributed by atoms with Gasteiger partial charge in [0.2, 0.25) is 0 Å². The molecule has 4 aliphatic carbocycles. The van der Waals surface area contributed by atoms with E-state index in [0.717, 1.165) is 31.1 Å². The maximum atomic E-state index is 12.7. The largest absolute Gasteiger partial charge is 0.393 e. The van der Waals surface area contributed by atoms with E-state index in [1.807, 2.05) is 6.92 Å². The predicted octanol–water partition coefficient (Wildman–Crippen LogP) is 5.15. The van der Waals surface area contributed by atoms with Gasteiger partial charge < -0.3 is 5.11 Å². The van der Waals surface area contributed by atoms with Gasteiger partial charge in [-0.05, 0) is 86.4 Å². The molecule has 4 rings (SSSR count). The molecule has 0 saturated heterocycles. The first-order chi connectivity index (χ1) is 11.6. The second-order valence-corrected chi connectivity index (χ2v) is 10.5. The van der Waals surface area contributed by atoms with Gasteiger partial charge >= 0.3 is 0 Å². The van der Waals surface area contributed by atoms with Crippen LogP contribution in [0.4, 0.5) is 0 Å². The molecule has 0 amide bonds. The lowest BCUT2D eigenvalue weighted by Gasteiger charge is -2.59. The molecule has 0 aromatic rings. The van der Waals surface area contributed by atoms with E-state index >= 15 is 0 Å². The fraction of sp³-hybridized carbons (Fsp3) is 0.870.